The van der Waals surface area contributed by atoms with Crippen LogP contribution in [0.3, 0.4) is 0 Å². The Hall–Kier alpha value is -0.850. The standard InChI is InChI=1S/C15H22N2S/c1-11-8-9-15(18-11)12(2)17-14-7-5-3-4-6-13(14)10-16/h8-9,12-14,17H,3-7H2,1-2H3. The molecule has 2 rings (SSSR count). The molecule has 0 bridgehead atoms. The van der Waals surface area contributed by atoms with E-state index >= 15 is 0 Å². The number of nitriles is 1. The van der Waals surface area contributed by atoms with Crippen molar-refractivity contribution in [2.45, 2.75) is 58.0 Å². The van der Waals surface area contributed by atoms with Crippen molar-refractivity contribution in [3.63, 3.8) is 0 Å². The van der Waals surface area contributed by atoms with E-state index in [0.29, 0.717) is 12.1 Å². The van der Waals surface area contributed by atoms with Crippen LogP contribution >= 0.6 is 11.3 Å². The van der Waals surface area contributed by atoms with Gasteiger partial charge in [0.05, 0.1) is 12.0 Å². The molecule has 1 aliphatic carbocycles. The highest BCUT2D eigenvalue weighted by molar-refractivity contribution is 7.12. The maximum atomic E-state index is 9.29. The third-order valence-electron chi connectivity index (χ3n) is 3.83. The minimum atomic E-state index is 0.191. The second kappa shape index (κ2) is 6.36. The maximum Gasteiger partial charge on any atom is 0.0672 e. The summed E-state index contributed by atoms with van der Waals surface area (Å²) in [4.78, 5) is 2.74. The first kappa shape index (κ1) is 13.6. The van der Waals surface area contributed by atoms with E-state index in [1.54, 1.807) is 0 Å². The molecule has 1 N–H and O–H groups in total. The molecule has 1 aromatic rings. The van der Waals surface area contributed by atoms with E-state index in [-0.39, 0.29) is 5.92 Å². The Morgan fingerprint density at radius 3 is 2.78 bits per heavy atom. The summed E-state index contributed by atoms with van der Waals surface area (Å²) in [6.45, 7) is 4.36. The first-order valence-electron chi connectivity index (χ1n) is 6.92. The molecule has 3 atom stereocenters. The van der Waals surface area contributed by atoms with Gasteiger partial charge in [-0.25, -0.2) is 0 Å². The fourth-order valence-corrected chi connectivity index (χ4v) is 3.64. The van der Waals surface area contributed by atoms with Crippen molar-refractivity contribution in [3.05, 3.63) is 21.9 Å². The lowest BCUT2D eigenvalue weighted by molar-refractivity contribution is 0.363. The average Bonchev–Trinajstić information content (AvgIpc) is 2.67. The fourth-order valence-electron chi connectivity index (χ4n) is 2.75. The van der Waals surface area contributed by atoms with E-state index in [1.165, 1.54) is 29.0 Å². The summed E-state index contributed by atoms with van der Waals surface area (Å²) >= 11 is 1.85. The van der Waals surface area contributed by atoms with Crippen LogP contribution in [-0.2, 0) is 0 Å². The van der Waals surface area contributed by atoms with Gasteiger partial charge in [-0.3, -0.25) is 0 Å². The predicted octanol–water partition coefficient (Wildman–Crippen LogP) is 4.18. The Bertz CT molecular complexity index is 418. The van der Waals surface area contributed by atoms with Gasteiger partial charge in [-0.2, -0.15) is 5.26 Å². The van der Waals surface area contributed by atoms with Gasteiger partial charge in [0.1, 0.15) is 0 Å². The summed E-state index contributed by atoms with van der Waals surface area (Å²) in [5.41, 5.74) is 0. The highest BCUT2D eigenvalue weighted by Gasteiger charge is 2.25. The molecule has 0 aliphatic heterocycles. The topological polar surface area (TPSA) is 35.8 Å². The zero-order valence-corrected chi connectivity index (χ0v) is 12.1. The summed E-state index contributed by atoms with van der Waals surface area (Å²) in [7, 11) is 0. The van der Waals surface area contributed by atoms with Crippen LogP contribution in [0.15, 0.2) is 12.1 Å². The van der Waals surface area contributed by atoms with E-state index in [4.69, 9.17) is 0 Å². The molecule has 1 saturated carbocycles. The van der Waals surface area contributed by atoms with Gasteiger partial charge in [-0.1, -0.05) is 19.3 Å². The van der Waals surface area contributed by atoms with Crippen LogP contribution < -0.4 is 5.32 Å². The Labute approximate surface area is 114 Å². The number of aryl methyl sites for hydroxylation is 1. The van der Waals surface area contributed by atoms with Gasteiger partial charge in [0, 0.05) is 21.8 Å². The van der Waals surface area contributed by atoms with E-state index < -0.39 is 0 Å². The number of hydrogen-bond donors (Lipinski definition) is 1. The van der Waals surface area contributed by atoms with Crippen molar-refractivity contribution in [3.8, 4) is 6.07 Å². The quantitative estimate of drug-likeness (QED) is 0.829. The second-order valence-electron chi connectivity index (χ2n) is 5.32. The lowest BCUT2D eigenvalue weighted by Gasteiger charge is -2.24. The van der Waals surface area contributed by atoms with E-state index in [0.717, 1.165) is 12.8 Å². The predicted molar refractivity (Wildman–Crippen MR) is 76.6 cm³/mol. The fraction of sp³-hybridized carbons (Fsp3) is 0.667. The number of thiophene rings is 1. The Balaban J connectivity index is 2.00. The Morgan fingerprint density at radius 2 is 2.11 bits per heavy atom. The molecular formula is C15H22N2S. The van der Waals surface area contributed by atoms with Gasteiger partial charge >= 0.3 is 0 Å². The summed E-state index contributed by atoms with van der Waals surface area (Å²) in [5, 5.41) is 13.0. The van der Waals surface area contributed by atoms with Crippen molar-refractivity contribution in [1.29, 1.82) is 5.26 Å². The molecule has 0 spiro atoms. The van der Waals surface area contributed by atoms with Crippen LogP contribution in [0.1, 0.15) is 54.8 Å². The molecule has 1 aliphatic rings. The van der Waals surface area contributed by atoms with Crippen molar-refractivity contribution >= 4 is 11.3 Å². The minimum absolute atomic E-state index is 0.191. The molecular weight excluding hydrogens is 240 g/mol. The summed E-state index contributed by atoms with van der Waals surface area (Å²) in [6.07, 6.45) is 5.95. The van der Waals surface area contributed by atoms with Gasteiger partial charge in [0.2, 0.25) is 0 Å². The average molecular weight is 262 g/mol. The van der Waals surface area contributed by atoms with Crippen LogP contribution in [0.2, 0.25) is 0 Å². The van der Waals surface area contributed by atoms with Gasteiger partial charge < -0.3 is 5.32 Å². The SMILES string of the molecule is Cc1ccc(C(C)NC2CCCCCC2C#N)s1. The number of nitrogens with zero attached hydrogens (tertiary/aromatic N) is 1. The second-order valence-corrected chi connectivity index (χ2v) is 6.64. The maximum absolute atomic E-state index is 9.29. The Kier molecular flexibility index (Phi) is 4.79. The van der Waals surface area contributed by atoms with Crippen LogP contribution in [0.5, 0.6) is 0 Å². The first-order chi connectivity index (χ1) is 8.70. The number of hydrogen-bond acceptors (Lipinski definition) is 3. The third kappa shape index (κ3) is 3.34. The zero-order chi connectivity index (χ0) is 13.0. The van der Waals surface area contributed by atoms with Crippen molar-refractivity contribution in [2.75, 3.05) is 0 Å². The summed E-state index contributed by atoms with van der Waals surface area (Å²) in [6, 6.07) is 7.61. The van der Waals surface area contributed by atoms with E-state index in [1.807, 2.05) is 11.3 Å². The van der Waals surface area contributed by atoms with Crippen molar-refractivity contribution in [1.82, 2.24) is 5.32 Å². The lowest BCUT2D eigenvalue weighted by Crippen LogP contribution is -2.36. The monoisotopic (exact) mass is 262 g/mol. The largest absolute Gasteiger partial charge is 0.305 e. The highest BCUT2D eigenvalue weighted by Crippen LogP contribution is 2.27. The minimum Gasteiger partial charge on any atom is -0.305 e. The summed E-state index contributed by atoms with van der Waals surface area (Å²) in [5.74, 6) is 0.191. The van der Waals surface area contributed by atoms with Gasteiger partial charge in [0.25, 0.3) is 0 Å². The van der Waals surface area contributed by atoms with Crippen LogP contribution in [0.25, 0.3) is 0 Å². The van der Waals surface area contributed by atoms with Gasteiger partial charge in [-0.15, -0.1) is 11.3 Å². The molecule has 0 saturated heterocycles. The van der Waals surface area contributed by atoms with Crippen LogP contribution in [-0.4, -0.2) is 6.04 Å². The van der Waals surface area contributed by atoms with E-state index in [9.17, 15) is 5.26 Å². The van der Waals surface area contributed by atoms with E-state index in [2.05, 4.69) is 37.4 Å². The van der Waals surface area contributed by atoms with Crippen LogP contribution in [0.4, 0.5) is 0 Å². The van der Waals surface area contributed by atoms with Crippen LogP contribution in [0, 0.1) is 24.2 Å². The first-order valence-corrected chi connectivity index (χ1v) is 7.74. The molecule has 98 valence electrons. The molecule has 1 aromatic heterocycles. The molecule has 3 heteroatoms. The number of nitrogens with one attached hydrogen (secondary N) is 1. The molecule has 18 heavy (non-hydrogen) atoms. The molecule has 1 fully saturated rings. The van der Waals surface area contributed by atoms with Crippen molar-refractivity contribution in [2.24, 2.45) is 5.92 Å². The molecule has 0 amide bonds. The van der Waals surface area contributed by atoms with Crippen molar-refractivity contribution < 1.29 is 0 Å². The van der Waals surface area contributed by atoms with Gasteiger partial charge in [0.15, 0.2) is 0 Å². The zero-order valence-electron chi connectivity index (χ0n) is 11.3. The number of rotatable bonds is 3. The smallest absolute Gasteiger partial charge is 0.0672 e. The molecule has 0 radical (unpaired) electrons. The summed E-state index contributed by atoms with van der Waals surface area (Å²) < 4.78 is 0. The van der Waals surface area contributed by atoms with Gasteiger partial charge in [-0.05, 0) is 38.8 Å². The molecule has 2 nitrogen and oxygen atoms in total. The molecule has 1 heterocycles. The third-order valence-corrected chi connectivity index (χ3v) is 5.02. The normalized spacial score (nSPS) is 26.3. The Morgan fingerprint density at radius 1 is 1.33 bits per heavy atom. The highest BCUT2D eigenvalue weighted by atomic mass is 32.1. The molecule has 3 unspecified atom stereocenters. The lowest BCUT2D eigenvalue weighted by atomic mass is 9.95. The molecule has 0 aromatic carbocycles.